The molecule has 31 heavy (non-hydrogen) atoms. The molecule has 1 aliphatic heterocycles. The average Bonchev–Trinajstić information content (AvgIpc) is 3.50. The molecule has 0 bridgehead atoms. The van der Waals surface area contributed by atoms with Gasteiger partial charge in [0.2, 0.25) is 0 Å². The molecule has 0 radical (unpaired) electrons. The highest BCUT2D eigenvalue weighted by Crippen LogP contribution is 2.36. The van der Waals surface area contributed by atoms with Crippen LogP contribution in [-0.4, -0.2) is 47.8 Å². The van der Waals surface area contributed by atoms with Gasteiger partial charge in [-0.1, -0.05) is 18.5 Å². The first-order chi connectivity index (χ1) is 15.0. The zero-order chi connectivity index (χ0) is 21.6. The van der Waals surface area contributed by atoms with Gasteiger partial charge in [-0.25, -0.2) is 19.9 Å². The molecule has 10 nitrogen and oxygen atoms in total. The van der Waals surface area contributed by atoms with Gasteiger partial charge in [0.25, 0.3) is 0 Å². The molecule has 1 fully saturated rings. The van der Waals surface area contributed by atoms with Crippen molar-refractivity contribution in [3.05, 3.63) is 53.1 Å². The second-order valence-corrected chi connectivity index (χ2v) is 8.31. The SMILES string of the molecule is CCc1cc(Cl)cc(N2CC[C@](N)(c3nc[nH]n3)C2)c1Cn1cnc2c(N)ncnc21. The molecule has 5 rings (SSSR count). The number of hydrogen-bond donors (Lipinski definition) is 3. The highest BCUT2D eigenvalue weighted by atomic mass is 35.5. The van der Waals surface area contributed by atoms with Crippen LogP contribution in [0.5, 0.6) is 0 Å². The number of aromatic nitrogens is 7. The summed E-state index contributed by atoms with van der Waals surface area (Å²) in [5.74, 6) is 0.997. The number of nitrogen functional groups attached to an aromatic ring is 1. The first-order valence-corrected chi connectivity index (χ1v) is 10.5. The summed E-state index contributed by atoms with van der Waals surface area (Å²) >= 11 is 6.50. The van der Waals surface area contributed by atoms with Crippen LogP contribution in [0.1, 0.15) is 30.3 Å². The number of aromatic amines is 1. The first kappa shape index (κ1) is 19.7. The molecule has 1 aliphatic rings. The maximum atomic E-state index is 6.67. The van der Waals surface area contributed by atoms with E-state index < -0.39 is 5.54 Å². The predicted octanol–water partition coefficient (Wildman–Crippen LogP) is 1.85. The van der Waals surface area contributed by atoms with E-state index in [1.54, 1.807) is 12.7 Å². The molecule has 0 unspecified atom stereocenters. The minimum atomic E-state index is -0.616. The summed E-state index contributed by atoms with van der Waals surface area (Å²) in [5, 5.41) is 7.69. The van der Waals surface area contributed by atoms with E-state index in [0.717, 1.165) is 30.6 Å². The van der Waals surface area contributed by atoms with E-state index >= 15 is 0 Å². The van der Waals surface area contributed by atoms with E-state index in [2.05, 4.69) is 42.0 Å². The number of aryl methyl sites for hydroxylation is 1. The average molecular weight is 439 g/mol. The van der Waals surface area contributed by atoms with Gasteiger partial charge in [0, 0.05) is 23.8 Å². The van der Waals surface area contributed by atoms with Crippen molar-refractivity contribution in [3.63, 3.8) is 0 Å². The fourth-order valence-corrected chi connectivity index (χ4v) is 4.55. The van der Waals surface area contributed by atoms with Gasteiger partial charge < -0.3 is 20.9 Å². The van der Waals surface area contributed by atoms with E-state index in [9.17, 15) is 0 Å². The summed E-state index contributed by atoms with van der Waals surface area (Å²) < 4.78 is 1.99. The summed E-state index contributed by atoms with van der Waals surface area (Å²) in [7, 11) is 0. The summed E-state index contributed by atoms with van der Waals surface area (Å²) in [4.78, 5) is 19.4. The fourth-order valence-electron chi connectivity index (χ4n) is 4.31. The fraction of sp³-hybridized carbons (Fsp3) is 0.350. The number of anilines is 2. The Morgan fingerprint density at radius 3 is 2.87 bits per heavy atom. The summed E-state index contributed by atoms with van der Waals surface area (Å²) in [6.45, 7) is 4.08. The van der Waals surface area contributed by atoms with E-state index in [4.69, 9.17) is 23.1 Å². The third-order valence-corrected chi connectivity index (χ3v) is 6.14. The second kappa shape index (κ2) is 7.47. The van der Waals surface area contributed by atoms with Crippen molar-refractivity contribution < 1.29 is 0 Å². The highest BCUT2D eigenvalue weighted by molar-refractivity contribution is 6.31. The number of nitrogens with two attached hydrogens (primary N) is 2. The Labute approximate surface area is 183 Å². The van der Waals surface area contributed by atoms with Crippen LogP contribution >= 0.6 is 11.6 Å². The standard InChI is InChI=1S/C20H23ClN10/c1-2-12-5-13(21)6-15(30-4-3-20(23,8-30)19-26-10-28-29-19)14(12)7-31-11-27-16-17(22)24-9-25-18(16)31/h5-6,9-11H,2-4,7-8,23H2,1H3,(H2,22,24,25)(H,26,28,29)/t20-/m1/s1. The number of hydrogen-bond acceptors (Lipinski definition) is 8. The molecule has 4 heterocycles. The summed E-state index contributed by atoms with van der Waals surface area (Å²) in [5.41, 5.74) is 16.7. The number of nitrogens with one attached hydrogen (secondary N) is 1. The number of nitrogens with zero attached hydrogens (tertiary/aromatic N) is 7. The molecule has 160 valence electrons. The van der Waals surface area contributed by atoms with E-state index in [0.29, 0.717) is 40.9 Å². The number of imidazole rings is 1. The lowest BCUT2D eigenvalue weighted by Gasteiger charge is -2.26. The third-order valence-electron chi connectivity index (χ3n) is 5.92. The van der Waals surface area contributed by atoms with Crippen LogP contribution in [0.4, 0.5) is 11.5 Å². The van der Waals surface area contributed by atoms with Crippen molar-refractivity contribution in [2.45, 2.75) is 31.8 Å². The van der Waals surface area contributed by atoms with Crippen molar-refractivity contribution >= 4 is 34.3 Å². The number of benzene rings is 1. The molecule has 0 amide bonds. The molecule has 11 heteroatoms. The molecule has 1 aromatic carbocycles. The molecule has 0 aliphatic carbocycles. The van der Waals surface area contributed by atoms with Crippen LogP contribution in [-0.2, 0) is 18.5 Å². The maximum absolute atomic E-state index is 6.67. The van der Waals surface area contributed by atoms with Crippen molar-refractivity contribution in [2.24, 2.45) is 5.73 Å². The van der Waals surface area contributed by atoms with Gasteiger partial charge in [0.1, 0.15) is 18.2 Å². The minimum absolute atomic E-state index is 0.370. The molecule has 1 saturated heterocycles. The Balaban J connectivity index is 1.55. The van der Waals surface area contributed by atoms with Gasteiger partial charge >= 0.3 is 0 Å². The topological polar surface area (TPSA) is 140 Å². The molecular weight excluding hydrogens is 416 g/mol. The summed E-state index contributed by atoms with van der Waals surface area (Å²) in [6.07, 6.45) is 6.35. The number of fused-ring (bicyclic) bond motifs is 1. The van der Waals surface area contributed by atoms with E-state index in [1.807, 2.05) is 16.7 Å². The van der Waals surface area contributed by atoms with Crippen LogP contribution in [0.15, 0.2) is 31.1 Å². The van der Waals surface area contributed by atoms with Crippen molar-refractivity contribution in [3.8, 4) is 0 Å². The Morgan fingerprint density at radius 2 is 2.10 bits per heavy atom. The zero-order valence-electron chi connectivity index (χ0n) is 17.1. The molecule has 3 aromatic heterocycles. The van der Waals surface area contributed by atoms with Crippen molar-refractivity contribution in [1.29, 1.82) is 0 Å². The van der Waals surface area contributed by atoms with Crippen LogP contribution in [0.2, 0.25) is 5.02 Å². The minimum Gasteiger partial charge on any atom is -0.382 e. The second-order valence-electron chi connectivity index (χ2n) is 7.87. The lowest BCUT2D eigenvalue weighted by Crippen LogP contribution is -2.41. The largest absolute Gasteiger partial charge is 0.382 e. The van der Waals surface area contributed by atoms with Crippen LogP contribution in [0, 0.1) is 0 Å². The molecule has 0 saturated carbocycles. The Bertz CT molecular complexity index is 1230. The van der Waals surface area contributed by atoms with Gasteiger partial charge in [-0.3, -0.25) is 5.10 Å². The van der Waals surface area contributed by atoms with Crippen molar-refractivity contribution in [2.75, 3.05) is 23.7 Å². The van der Waals surface area contributed by atoms with Crippen LogP contribution < -0.4 is 16.4 Å². The molecule has 1 atom stereocenters. The van der Waals surface area contributed by atoms with Gasteiger partial charge in [0.05, 0.1) is 18.4 Å². The highest BCUT2D eigenvalue weighted by Gasteiger charge is 2.40. The first-order valence-electron chi connectivity index (χ1n) is 10.1. The normalized spacial score (nSPS) is 18.9. The maximum Gasteiger partial charge on any atom is 0.171 e. The summed E-state index contributed by atoms with van der Waals surface area (Å²) in [6, 6.07) is 4.02. The molecular formula is C20H23ClN10. The number of rotatable bonds is 5. The monoisotopic (exact) mass is 438 g/mol. The van der Waals surface area contributed by atoms with E-state index in [1.165, 1.54) is 11.9 Å². The Hall–Kier alpha value is -3.24. The molecule has 4 aromatic rings. The van der Waals surface area contributed by atoms with E-state index in [-0.39, 0.29) is 0 Å². The number of H-pyrrole nitrogens is 1. The van der Waals surface area contributed by atoms with Gasteiger partial charge in [-0.2, -0.15) is 5.10 Å². The zero-order valence-corrected chi connectivity index (χ0v) is 17.8. The smallest absolute Gasteiger partial charge is 0.171 e. The lowest BCUT2D eigenvalue weighted by molar-refractivity contribution is 0.467. The number of halogens is 1. The molecule has 5 N–H and O–H groups in total. The Morgan fingerprint density at radius 1 is 1.23 bits per heavy atom. The van der Waals surface area contributed by atoms with Crippen LogP contribution in [0.3, 0.4) is 0 Å². The lowest BCUT2D eigenvalue weighted by atomic mass is 9.99. The predicted molar refractivity (Wildman–Crippen MR) is 119 cm³/mol. The van der Waals surface area contributed by atoms with Gasteiger partial charge in [-0.05, 0) is 36.1 Å². The third kappa shape index (κ3) is 3.37. The van der Waals surface area contributed by atoms with Crippen molar-refractivity contribution in [1.82, 2.24) is 34.7 Å². The quantitative estimate of drug-likeness (QED) is 0.428. The van der Waals surface area contributed by atoms with Gasteiger partial charge in [0.15, 0.2) is 17.3 Å². The van der Waals surface area contributed by atoms with Crippen LogP contribution in [0.25, 0.3) is 11.2 Å². The Kier molecular flexibility index (Phi) is 4.75. The molecule has 0 spiro atoms. The van der Waals surface area contributed by atoms with Gasteiger partial charge in [-0.15, -0.1) is 0 Å².